The number of rotatable bonds is 14. The van der Waals surface area contributed by atoms with Crippen LogP contribution in [-0.4, -0.2) is 93.9 Å². The van der Waals surface area contributed by atoms with E-state index >= 15 is 0 Å². The molecule has 3 atom stereocenters. The number of nitrogens with one attached hydrogen (secondary N) is 3. The summed E-state index contributed by atoms with van der Waals surface area (Å²) in [4.78, 5) is 43.9. The fourth-order valence-corrected chi connectivity index (χ4v) is 6.91. The normalized spacial score (nSPS) is 24.3. The predicted molar refractivity (Wildman–Crippen MR) is 163 cm³/mol. The zero-order chi connectivity index (χ0) is 30.1. The zero-order valence-electron chi connectivity index (χ0n) is 25.2. The Bertz CT molecular complexity index is 1210. The summed E-state index contributed by atoms with van der Waals surface area (Å²) in [5.41, 5.74) is 2.02. The molecule has 3 fully saturated rings. The van der Waals surface area contributed by atoms with Crippen molar-refractivity contribution >= 4 is 24.4 Å². The van der Waals surface area contributed by atoms with Crippen LogP contribution in [0.15, 0.2) is 60.7 Å². The molecule has 2 aromatic rings. The largest absolute Gasteiger partial charge is 0.508 e. The van der Waals surface area contributed by atoms with Gasteiger partial charge in [0, 0.05) is 39.0 Å². The van der Waals surface area contributed by atoms with Crippen LogP contribution >= 0.6 is 0 Å². The third-order valence-corrected chi connectivity index (χ3v) is 9.11. The molecular weight excluding hydrogens is 547 g/mol. The van der Waals surface area contributed by atoms with Crippen LogP contribution < -0.4 is 15.4 Å². The topological polar surface area (TPSA) is 111 Å². The number of methoxy groups -OCH3 is 1. The van der Waals surface area contributed by atoms with Crippen LogP contribution in [0.3, 0.4) is 0 Å². The van der Waals surface area contributed by atoms with E-state index in [2.05, 4.69) is 10.6 Å². The van der Waals surface area contributed by atoms with Crippen molar-refractivity contribution in [2.75, 3.05) is 46.6 Å². The van der Waals surface area contributed by atoms with Crippen LogP contribution in [0.4, 0.5) is 0 Å². The van der Waals surface area contributed by atoms with Crippen LogP contribution in [-0.2, 0) is 41.3 Å². The Labute approximate surface area is 254 Å². The molecule has 10 nitrogen and oxygen atoms in total. The van der Waals surface area contributed by atoms with Crippen molar-refractivity contribution in [3.8, 4) is 0 Å². The molecule has 3 aliphatic rings. The van der Waals surface area contributed by atoms with E-state index < -0.39 is 18.8 Å². The number of fused-ring (bicyclic) bond motifs is 1. The molecule has 11 heteroatoms. The second-order valence-electron chi connectivity index (χ2n) is 11.9. The van der Waals surface area contributed by atoms with Crippen molar-refractivity contribution in [1.82, 2.24) is 15.5 Å². The van der Waals surface area contributed by atoms with Crippen LogP contribution in [0.1, 0.15) is 43.2 Å². The first-order chi connectivity index (χ1) is 21.0. The highest BCUT2D eigenvalue weighted by Crippen LogP contribution is 2.23. The minimum Gasteiger partial charge on any atom is -0.508 e. The smallest absolute Gasteiger partial charge is 0.492 e. The van der Waals surface area contributed by atoms with E-state index in [9.17, 15) is 14.4 Å². The second-order valence-corrected chi connectivity index (χ2v) is 11.9. The molecule has 0 saturated carbocycles. The summed E-state index contributed by atoms with van der Waals surface area (Å²) in [5.74, 6) is -0.907. The lowest BCUT2D eigenvalue weighted by molar-refractivity contribution is -0.785. The molecule has 0 bridgehead atoms. The summed E-state index contributed by atoms with van der Waals surface area (Å²) in [7, 11) is 1.67. The van der Waals surface area contributed by atoms with Crippen molar-refractivity contribution in [1.29, 1.82) is 0 Å². The van der Waals surface area contributed by atoms with Crippen molar-refractivity contribution in [3.63, 3.8) is 0 Å². The van der Waals surface area contributed by atoms with Gasteiger partial charge >= 0.3 is 6.69 Å². The number of hydrogen-bond donors (Lipinski definition) is 3. The van der Waals surface area contributed by atoms with Gasteiger partial charge in [0.05, 0.1) is 26.3 Å². The van der Waals surface area contributed by atoms with Gasteiger partial charge in [-0.2, -0.15) is 0 Å². The highest BCUT2D eigenvalue weighted by molar-refractivity contribution is 6.61. The Balaban J connectivity index is 1.28. The fraction of sp³-hybridized carbons (Fsp3) is 0.531. The number of likely N-dealkylation sites (tertiary alicyclic amines) is 1. The molecular formula is C32H45BN4O6. The average molecular weight is 593 g/mol. The summed E-state index contributed by atoms with van der Waals surface area (Å²) in [6.45, 7) is 2.25. The summed E-state index contributed by atoms with van der Waals surface area (Å²) in [6, 6.07) is 18.1. The highest BCUT2D eigenvalue weighted by Gasteiger charge is 2.56. The number of aryl methyl sites for hydroxylation is 1. The van der Waals surface area contributed by atoms with E-state index in [4.69, 9.17) is 14.0 Å². The standard InChI is InChI=1S/C32H45BN4O6/c1-41-21-9-15-29(33-36(19-22-42-33)20-23-43-33)35-31(39)28-14-8-18-37(28)32(40)27(24-26-12-6-3-7-13-26)34-30(38)17-16-25-10-4-2-5-11-25/h2-7,10-13,27-29,36H,8-9,14-24H2,1H3,(H,34,38)(H,35,39)/t27-,28+,29+/m1/s1. The minimum atomic E-state index is -1.71. The quantitative estimate of drug-likeness (QED) is 0.220. The van der Waals surface area contributed by atoms with Gasteiger partial charge in [-0.25, -0.2) is 0 Å². The van der Waals surface area contributed by atoms with E-state index in [1.165, 1.54) is 4.81 Å². The van der Waals surface area contributed by atoms with Crippen LogP contribution in [0, 0.1) is 0 Å². The molecule has 0 aromatic heterocycles. The van der Waals surface area contributed by atoms with Gasteiger partial charge in [0.2, 0.25) is 17.7 Å². The monoisotopic (exact) mass is 592 g/mol. The number of carbonyl (C=O) groups excluding carboxylic acids is 3. The minimum absolute atomic E-state index is 0.182. The van der Waals surface area contributed by atoms with Gasteiger partial charge in [-0.15, -0.1) is 0 Å². The van der Waals surface area contributed by atoms with E-state index in [0.29, 0.717) is 52.0 Å². The lowest BCUT2D eigenvalue weighted by Crippen LogP contribution is -3.21. The molecule has 3 heterocycles. The van der Waals surface area contributed by atoms with Crippen molar-refractivity contribution in [2.45, 2.75) is 63.0 Å². The maximum atomic E-state index is 14.1. The lowest BCUT2D eigenvalue weighted by Gasteiger charge is -2.40. The molecule has 0 radical (unpaired) electrons. The molecule has 0 aliphatic carbocycles. The number of benzene rings is 2. The maximum Gasteiger partial charge on any atom is 0.492 e. The highest BCUT2D eigenvalue weighted by atomic mass is 16.6. The first-order valence-corrected chi connectivity index (χ1v) is 15.7. The molecule has 3 amide bonds. The van der Waals surface area contributed by atoms with E-state index in [-0.39, 0.29) is 30.1 Å². The number of nitrogens with zero attached hydrogens (tertiary/aromatic N) is 1. The van der Waals surface area contributed by atoms with Gasteiger partial charge in [0.15, 0.2) is 0 Å². The van der Waals surface area contributed by atoms with Crippen molar-refractivity contribution in [3.05, 3.63) is 71.8 Å². The van der Waals surface area contributed by atoms with Gasteiger partial charge in [0.25, 0.3) is 0 Å². The lowest BCUT2D eigenvalue weighted by atomic mass is 9.60. The SMILES string of the molecule is COCCC[C@H](NC(=O)[C@@H]1CCCN1C(=O)[C@@H](Cc1ccccc1)NC(=O)CCc1ccccc1)[B-]12OCC[NH+]1CCO2. The summed E-state index contributed by atoms with van der Waals surface area (Å²) in [5, 5.41) is 6.26. The van der Waals surface area contributed by atoms with E-state index in [1.807, 2.05) is 60.7 Å². The molecule has 2 aromatic carbocycles. The maximum absolute atomic E-state index is 14.1. The number of ether oxygens (including phenoxy) is 1. The third-order valence-electron chi connectivity index (χ3n) is 9.11. The van der Waals surface area contributed by atoms with Gasteiger partial charge < -0.3 is 34.4 Å². The number of hydrogen-bond acceptors (Lipinski definition) is 6. The molecule has 3 aliphatic heterocycles. The summed E-state index contributed by atoms with van der Waals surface area (Å²) in [6.07, 6.45) is 3.93. The fourth-order valence-electron chi connectivity index (χ4n) is 6.91. The van der Waals surface area contributed by atoms with Crippen LogP contribution in [0.2, 0.25) is 0 Å². The van der Waals surface area contributed by atoms with Gasteiger partial charge in [-0.3, -0.25) is 14.4 Å². The molecule has 0 spiro atoms. The van der Waals surface area contributed by atoms with Crippen LogP contribution in [0.5, 0.6) is 0 Å². The predicted octanol–water partition coefficient (Wildman–Crippen LogP) is 0.673. The Morgan fingerprint density at radius 2 is 1.67 bits per heavy atom. The van der Waals surface area contributed by atoms with Gasteiger partial charge in [0.1, 0.15) is 12.1 Å². The number of quaternary nitrogens is 1. The Kier molecular flexibility index (Phi) is 10.9. The summed E-state index contributed by atoms with van der Waals surface area (Å²) < 4.78 is 17.7. The second kappa shape index (κ2) is 15.0. The molecule has 5 rings (SSSR count). The van der Waals surface area contributed by atoms with Crippen molar-refractivity contribution < 1.29 is 33.2 Å². The molecule has 232 valence electrons. The van der Waals surface area contributed by atoms with E-state index in [0.717, 1.165) is 37.1 Å². The molecule has 0 unspecified atom stereocenters. The number of amides is 3. The molecule has 43 heavy (non-hydrogen) atoms. The Hall–Kier alpha value is -3.25. The number of carbonyl (C=O) groups is 3. The van der Waals surface area contributed by atoms with Crippen LogP contribution in [0.25, 0.3) is 0 Å². The Morgan fingerprint density at radius 1 is 1.00 bits per heavy atom. The summed E-state index contributed by atoms with van der Waals surface area (Å²) >= 11 is 0. The zero-order valence-corrected chi connectivity index (χ0v) is 25.2. The average Bonchev–Trinajstić information content (AvgIpc) is 3.77. The van der Waals surface area contributed by atoms with E-state index in [1.54, 1.807) is 12.0 Å². The van der Waals surface area contributed by atoms with Crippen molar-refractivity contribution in [2.24, 2.45) is 0 Å². The Morgan fingerprint density at radius 3 is 2.35 bits per heavy atom. The third kappa shape index (κ3) is 7.64. The molecule has 3 N–H and O–H groups in total. The first kappa shape index (κ1) is 31.2. The van der Waals surface area contributed by atoms with Gasteiger partial charge in [-0.05, 0) is 36.8 Å². The molecule has 3 saturated heterocycles. The first-order valence-electron chi connectivity index (χ1n) is 15.7. The van der Waals surface area contributed by atoms with Gasteiger partial charge in [-0.1, -0.05) is 67.1 Å².